The van der Waals surface area contributed by atoms with Gasteiger partial charge >= 0.3 is 0 Å². The van der Waals surface area contributed by atoms with Crippen molar-refractivity contribution >= 4 is 10.0 Å². The number of hydrogen-bond donors (Lipinski definition) is 1. The van der Waals surface area contributed by atoms with Crippen molar-refractivity contribution in [3.63, 3.8) is 0 Å². The zero-order chi connectivity index (χ0) is 16.1. The standard InChI is InChI=1S/C19H23NO2S/c21-23(22,20-15-16-7-3-1-4-8-16)19-13-11-18(12-14-19)17-9-5-2-6-10-17/h2,5-6,9-14,16,20H,1,3-4,7-8,15H2. The van der Waals surface area contributed by atoms with E-state index in [0.29, 0.717) is 17.4 Å². The summed E-state index contributed by atoms with van der Waals surface area (Å²) in [6.07, 6.45) is 5.99. The molecule has 0 bridgehead atoms. The molecule has 122 valence electrons. The van der Waals surface area contributed by atoms with Gasteiger partial charge in [-0.1, -0.05) is 61.7 Å². The number of sulfonamides is 1. The second-order valence-corrected chi connectivity index (χ2v) is 8.01. The maximum Gasteiger partial charge on any atom is 0.240 e. The van der Waals surface area contributed by atoms with Crippen LogP contribution in [-0.2, 0) is 10.0 Å². The minimum Gasteiger partial charge on any atom is -0.211 e. The first kappa shape index (κ1) is 16.2. The SMILES string of the molecule is O=S(=O)(NCC1CCCCC1)c1ccc(-c2ccccc2)cc1. The third kappa shape index (κ3) is 4.21. The number of nitrogens with one attached hydrogen (secondary N) is 1. The summed E-state index contributed by atoms with van der Waals surface area (Å²) in [5.74, 6) is 0.488. The van der Waals surface area contributed by atoms with E-state index in [2.05, 4.69) is 4.72 Å². The smallest absolute Gasteiger partial charge is 0.211 e. The van der Waals surface area contributed by atoms with Crippen molar-refractivity contribution < 1.29 is 8.42 Å². The molecule has 2 aromatic carbocycles. The summed E-state index contributed by atoms with van der Waals surface area (Å²) in [5, 5.41) is 0. The molecule has 0 aromatic heterocycles. The minimum atomic E-state index is -3.41. The molecule has 0 aliphatic heterocycles. The van der Waals surface area contributed by atoms with E-state index in [9.17, 15) is 8.42 Å². The molecule has 0 radical (unpaired) electrons. The van der Waals surface area contributed by atoms with Gasteiger partial charge in [-0.2, -0.15) is 0 Å². The Bertz CT molecular complexity index is 718. The molecule has 0 atom stereocenters. The van der Waals surface area contributed by atoms with Crippen molar-refractivity contribution in [1.82, 2.24) is 4.72 Å². The van der Waals surface area contributed by atoms with Crippen LogP contribution in [0.25, 0.3) is 11.1 Å². The van der Waals surface area contributed by atoms with Gasteiger partial charge in [-0.25, -0.2) is 13.1 Å². The average molecular weight is 329 g/mol. The summed E-state index contributed by atoms with van der Waals surface area (Å²) in [6, 6.07) is 17.1. The summed E-state index contributed by atoms with van der Waals surface area (Å²) in [5.41, 5.74) is 2.11. The molecule has 0 spiro atoms. The van der Waals surface area contributed by atoms with Crippen LogP contribution in [0.5, 0.6) is 0 Å². The predicted octanol–water partition coefficient (Wildman–Crippen LogP) is 4.21. The van der Waals surface area contributed by atoms with Crippen LogP contribution in [0.4, 0.5) is 0 Å². The molecule has 0 saturated heterocycles. The van der Waals surface area contributed by atoms with E-state index in [1.165, 1.54) is 19.3 Å². The Morgan fingerprint density at radius 2 is 1.43 bits per heavy atom. The Morgan fingerprint density at radius 3 is 2.09 bits per heavy atom. The second-order valence-electron chi connectivity index (χ2n) is 6.25. The Labute approximate surface area is 138 Å². The van der Waals surface area contributed by atoms with E-state index in [4.69, 9.17) is 0 Å². The summed E-state index contributed by atoms with van der Waals surface area (Å²) in [4.78, 5) is 0.341. The van der Waals surface area contributed by atoms with Gasteiger partial charge in [0.2, 0.25) is 10.0 Å². The Hall–Kier alpha value is -1.65. The maximum absolute atomic E-state index is 12.4. The molecule has 1 aliphatic carbocycles. The van der Waals surface area contributed by atoms with Gasteiger partial charge in [0.15, 0.2) is 0 Å². The normalized spacial score (nSPS) is 16.3. The molecule has 1 fully saturated rings. The van der Waals surface area contributed by atoms with Gasteiger partial charge in [-0.3, -0.25) is 0 Å². The Balaban J connectivity index is 1.67. The highest BCUT2D eigenvalue weighted by molar-refractivity contribution is 7.89. The summed E-state index contributed by atoms with van der Waals surface area (Å²) >= 11 is 0. The molecule has 2 aromatic rings. The topological polar surface area (TPSA) is 46.2 Å². The van der Waals surface area contributed by atoms with Gasteiger partial charge in [-0.15, -0.1) is 0 Å². The van der Waals surface area contributed by atoms with Crippen LogP contribution in [0, 0.1) is 5.92 Å². The van der Waals surface area contributed by atoms with Crippen LogP contribution < -0.4 is 4.72 Å². The van der Waals surface area contributed by atoms with Crippen LogP contribution in [0.3, 0.4) is 0 Å². The predicted molar refractivity (Wildman–Crippen MR) is 93.6 cm³/mol. The first-order valence-electron chi connectivity index (χ1n) is 8.30. The zero-order valence-electron chi connectivity index (χ0n) is 13.2. The maximum atomic E-state index is 12.4. The average Bonchev–Trinajstić information content (AvgIpc) is 2.62. The van der Waals surface area contributed by atoms with Crippen LogP contribution in [0.2, 0.25) is 0 Å². The molecule has 3 nitrogen and oxygen atoms in total. The fraction of sp³-hybridized carbons (Fsp3) is 0.368. The van der Waals surface area contributed by atoms with E-state index in [-0.39, 0.29) is 0 Å². The molecule has 1 saturated carbocycles. The lowest BCUT2D eigenvalue weighted by Gasteiger charge is -2.21. The fourth-order valence-corrected chi connectivity index (χ4v) is 4.28. The molecule has 1 N–H and O–H groups in total. The lowest BCUT2D eigenvalue weighted by molar-refractivity contribution is 0.357. The Kier molecular flexibility index (Phi) is 5.13. The molecule has 4 heteroatoms. The van der Waals surface area contributed by atoms with Gasteiger partial charge in [-0.05, 0) is 42.0 Å². The minimum absolute atomic E-state index is 0.341. The van der Waals surface area contributed by atoms with Crippen molar-refractivity contribution in [3.8, 4) is 11.1 Å². The van der Waals surface area contributed by atoms with E-state index >= 15 is 0 Å². The molecular formula is C19H23NO2S. The fourth-order valence-electron chi connectivity index (χ4n) is 3.16. The van der Waals surface area contributed by atoms with Gasteiger partial charge in [0.25, 0.3) is 0 Å². The van der Waals surface area contributed by atoms with E-state index in [0.717, 1.165) is 24.0 Å². The van der Waals surface area contributed by atoms with Crippen molar-refractivity contribution in [3.05, 3.63) is 54.6 Å². The molecule has 23 heavy (non-hydrogen) atoms. The largest absolute Gasteiger partial charge is 0.240 e. The highest BCUT2D eigenvalue weighted by atomic mass is 32.2. The monoisotopic (exact) mass is 329 g/mol. The zero-order valence-corrected chi connectivity index (χ0v) is 14.1. The highest BCUT2D eigenvalue weighted by Gasteiger charge is 2.18. The van der Waals surface area contributed by atoms with Crippen LogP contribution in [0.15, 0.2) is 59.5 Å². The lowest BCUT2D eigenvalue weighted by Crippen LogP contribution is -2.30. The first-order chi connectivity index (χ1) is 11.1. The second kappa shape index (κ2) is 7.28. The van der Waals surface area contributed by atoms with E-state index in [1.54, 1.807) is 12.1 Å². The van der Waals surface area contributed by atoms with Crippen LogP contribution in [-0.4, -0.2) is 15.0 Å². The van der Waals surface area contributed by atoms with Gasteiger partial charge < -0.3 is 0 Å². The molecule has 1 aliphatic rings. The number of hydrogen-bond acceptors (Lipinski definition) is 2. The molecule has 0 unspecified atom stereocenters. The van der Waals surface area contributed by atoms with Crippen molar-refractivity contribution in [1.29, 1.82) is 0 Å². The summed E-state index contributed by atoms with van der Waals surface area (Å²) in [7, 11) is -3.41. The van der Waals surface area contributed by atoms with Crippen molar-refractivity contribution in [2.24, 2.45) is 5.92 Å². The van der Waals surface area contributed by atoms with Crippen molar-refractivity contribution in [2.75, 3.05) is 6.54 Å². The third-order valence-electron chi connectivity index (χ3n) is 4.56. The quantitative estimate of drug-likeness (QED) is 0.893. The van der Waals surface area contributed by atoms with E-state index in [1.807, 2.05) is 42.5 Å². The first-order valence-corrected chi connectivity index (χ1v) is 9.79. The van der Waals surface area contributed by atoms with Gasteiger partial charge in [0.1, 0.15) is 0 Å². The van der Waals surface area contributed by atoms with E-state index < -0.39 is 10.0 Å². The third-order valence-corrected chi connectivity index (χ3v) is 6.00. The van der Waals surface area contributed by atoms with Crippen molar-refractivity contribution in [2.45, 2.75) is 37.0 Å². The molecule has 0 amide bonds. The van der Waals surface area contributed by atoms with Crippen LogP contribution >= 0.6 is 0 Å². The summed E-state index contributed by atoms with van der Waals surface area (Å²) in [6.45, 7) is 0.558. The Morgan fingerprint density at radius 1 is 0.826 bits per heavy atom. The number of rotatable bonds is 5. The number of benzene rings is 2. The molecule has 0 heterocycles. The molecular weight excluding hydrogens is 306 g/mol. The van der Waals surface area contributed by atoms with Gasteiger partial charge in [0.05, 0.1) is 4.90 Å². The molecule has 3 rings (SSSR count). The highest BCUT2D eigenvalue weighted by Crippen LogP contribution is 2.24. The van der Waals surface area contributed by atoms with Crippen LogP contribution in [0.1, 0.15) is 32.1 Å². The van der Waals surface area contributed by atoms with Gasteiger partial charge in [0, 0.05) is 6.54 Å². The lowest BCUT2D eigenvalue weighted by atomic mass is 9.90. The summed E-state index contributed by atoms with van der Waals surface area (Å²) < 4.78 is 27.6.